The van der Waals surface area contributed by atoms with Gasteiger partial charge in [0.25, 0.3) is 0 Å². The fourth-order valence-electron chi connectivity index (χ4n) is 2.54. The third kappa shape index (κ3) is 3.90. The minimum atomic E-state index is -0.253. The van der Waals surface area contributed by atoms with Crippen molar-refractivity contribution in [3.05, 3.63) is 70.6 Å². The second kappa shape index (κ2) is 6.84. The second-order valence-electron chi connectivity index (χ2n) is 5.41. The lowest BCUT2D eigenvalue weighted by atomic mass is 10.1. The summed E-state index contributed by atoms with van der Waals surface area (Å²) >= 11 is 5.95. The zero-order chi connectivity index (χ0) is 16.2. The number of nitrogens with one attached hydrogen (secondary N) is 2. The van der Waals surface area contributed by atoms with Crippen molar-refractivity contribution in [2.75, 3.05) is 6.54 Å². The highest BCUT2D eigenvalue weighted by Crippen LogP contribution is 2.22. The SMILES string of the molecule is O=C(Cc1c[nH]c2cc(Cl)ccc12)NCCc1ccc(F)cc1. The van der Waals surface area contributed by atoms with Gasteiger partial charge in [0.2, 0.25) is 5.91 Å². The highest BCUT2D eigenvalue weighted by molar-refractivity contribution is 6.31. The number of halogens is 2. The predicted octanol–water partition coefficient (Wildman–Crippen LogP) is 3.86. The van der Waals surface area contributed by atoms with E-state index in [0.29, 0.717) is 24.4 Å². The van der Waals surface area contributed by atoms with E-state index in [2.05, 4.69) is 10.3 Å². The fourth-order valence-corrected chi connectivity index (χ4v) is 2.71. The molecule has 2 N–H and O–H groups in total. The Morgan fingerprint density at radius 3 is 2.74 bits per heavy atom. The van der Waals surface area contributed by atoms with Crippen molar-refractivity contribution in [2.45, 2.75) is 12.8 Å². The molecule has 0 saturated carbocycles. The summed E-state index contributed by atoms with van der Waals surface area (Å²) in [6.07, 6.45) is 2.82. The van der Waals surface area contributed by atoms with Crippen molar-refractivity contribution >= 4 is 28.4 Å². The van der Waals surface area contributed by atoms with Crippen LogP contribution >= 0.6 is 11.6 Å². The number of carbonyl (C=O) groups is 1. The molecule has 0 unspecified atom stereocenters. The molecular formula is C18H16ClFN2O. The number of aromatic nitrogens is 1. The van der Waals surface area contributed by atoms with Gasteiger partial charge >= 0.3 is 0 Å². The van der Waals surface area contributed by atoms with Gasteiger partial charge < -0.3 is 10.3 Å². The average Bonchev–Trinajstić information content (AvgIpc) is 2.91. The molecule has 0 aliphatic heterocycles. The van der Waals surface area contributed by atoms with E-state index >= 15 is 0 Å². The molecule has 23 heavy (non-hydrogen) atoms. The van der Waals surface area contributed by atoms with Crippen LogP contribution in [0.15, 0.2) is 48.7 Å². The van der Waals surface area contributed by atoms with E-state index in [4.69, 9.17) is 11.6 Å². The maximum absolute atomic E-state index is 12.8. The van der Waals surface area contributed by atoms with Crippen molar-refractivity contribution in [1.29, 1.82) is 0 Å². The number of amides is 1. The number of H-pyrrole nitrogens is 1. The van der Waals surface area contributed by atoms with Gasteiger partial charge in [0.05, 0.1) is 6.42 Å². The molecular weight excluding hydrogens is 315 g/mol. The summed E-state index contributed by atoms with van der Waals surface area (Å²) in [6, 6.07) is 11.9. The van der Waals surface area contributed by atoms with Gasteiger partial charge in [-0.2, -0.15) is 0 Å². The Morgan fingerprint density at radius 1 is 1.17 bits per heavy atom. The normalized spacial score (nSPS) is 10.9. The zero-order valence-corrected chi connectivity index (χ0v) is 13.2. The van der Waals surface area contributed by atoms with Crippen LogP contribution < -0.4 is 5.32 Å². The lowest BCUT2D eigenvalue weighted by Gasteiger charge is -2.05. The third-order valence-electron chi connectivity index (χ3n) is 3.73. The van der Waals surface area contributed by atoms with Gasteiger partial charge in [0.15, 0.2) is 0 Å². The van der Waals surface area contributed by atoms with Crippen LogP contribution in [0.25, 0.3) is 10.9 Å². The minimum Gasteiger partial charge on any atom is -0.361 e. The third-order valence-corrected chi connectivity index (χ3v) is 3.96. The molecule has 1 amide bonds. The molecule has 0 aliphatic rings. The van der Waals surface area contributed by atoms with Crippen molar-refractivity contribution < 1.29 is 9.18 Å². The molecule has 0 atom stereocenters. The minimum absolute atomic E-state index is 0.0389. The van der Waals surface area contributed by atoms with Crippen LogP contribution in [0.5, 0.6) is 0 Å². The van der Waals surface area contributed by atoms with Gasteiger partial charge in [-0.1, -0.05) is 29.8 Å². The molecule has 3 aromatic rings. The maximum Gasteiger partial charge on any atom is 0.224 e. The molecule has 0 spiro atoms. The monoisotopic (exact) mass is 330 g/mol. The lowest BCUT2D eigenvalue weighted by molar-refractivity contribution is -0.120. The van der Waals surface area contributed by atoms with Crippen LogP contribution in [0, 0.1) is 5.82 Å². The van der Waals surface area contributed by atoms with Gasteiger partial charge in [-0.3, -0.25) is 4.79 Å². The van der Waals surface area contributed by atoms with Gasteiger partial charge in [0, 0.05) is 28.7 Å². The Balaban J connectivity index is 1.55. The van der Waals surface area contributed by atoms with Crippen molar-refractivity contribution in [2.24, 2.45) is 0 Å². The Morgan fingerprint density at radius 2 is 1.96 bits per heavy atom. The van der Waals surface area contributed by atoms with Crippen molar-refractivity contribution in [3.8, 4) is 0 Å². The molecule has 0 fully saturated rings. The maximum atomic E-state index is 12.8. The largest absolute Gasteiger partial charge is 0.361 e. The van der Waals surface area contributed by atoms with E-state index in [1.165, 1.54) is 12.1 Å². The van der Waals surface area contributed by atoms with E-state index in [-0.39, 0.29) is 11.7 Å². The molecule has 0 aliphatic carbocycles. The van der Waals surface area contributed by atoms with E-state index in [1.54, 1.807) is 12.1 Å². The zero-order valence-electron chi connectivity index (χ0n) is 12.4. The topological polar surface area (TPSA) is 44.9 Å². The second-order valence-corrected chi connectivity index (χ2v) is 5.84. The van der Waals surface area contributed by atoms with Crippen LogP contribution in [-0.4, -0.2) is 17.4 Å². The first-order chi connectivity index (χ1) is 11.1. The van der Waals surface area contributed by atoms with E-state index < -0.39 is 0 Å². The van der Waals surface area contributed by atoms with Crippen molar-refractivity contribution in [1.82, 2.24) is 10.3 Å². The highest BCUT2D eigenvalue weighted by Gasteiger charge is 2.09. The van der Waals surface area contributed by atoms with Crippen LogP contribution in [0.2, 0.25) is 5.02 Å². The molecule has 1 heterocycles. The predicted molar refractivity (Wildman–Crippen MR) is 90.1 cm³/mol. The van der Waals surface area contributed by atoms with Crippen LogP contribution in [0.3, 0.4) is 0 Å². The smallest absolute Gasteiger partial charge is 0.224 e. The lowest BCUT2D eigenvalue weighted by Crippen LogP contribution is -2.27. The first kappa shape index (κ1) is 15.6. The molecule has 5 heteroatoms. The number of benzene rings is 2. The highest BCUT2D eigenvalue weighted by atomic mass is 35.5. The number of carbonyl (C=O) groups excluding carboxylic acids is 1. The molecule has 0 saturated heterocycles. The first-order valence-electron chi connectivity index (χ1n) is 7.38. The Bertz CT molecular complexity index is 827. The quantitative estimate of drug-likeness (QED) is 0.733. The summed E-state index contributed by atoms with van der Waals surface area (Å²) in [5, 5.41) is 4.55. The summed E-state index contributed by atoms with van der Waals surface area (Å²) in [7, 11) is 0. The number of fused-ring (bicyclic) bond motifs is 1. The van der Waals surface area contributed by atoms with Crippen LogP contribution in [-0.2, 0) is 17.6 Å². The van der Waals surface area contributed by atoms with Gasteiger partial charge in [0.1, 0.15) is 5.82 Å². The summed E-state index contributed by atoms with van der Waals surface area (Å²) in [5.41, 5.74) is 2.86. The summed E-state index contributed by atoms with van der Waals surface area (Å²) < 4.78 is 12.8. The molecule has 3 rings (SSSR count). The molecule has 1 aromatic heterocycles. The summed E-state index contributed by atoms with van der Waals surface area (Å²) in [4.78, 5) is 15.2. The molecule has 3 nitrogen and oxygen atoms in total. The number of rotatable bonds is 5. The van der Waals surface area contributed by atoms with Crippen LogP contribution in [0.4, 0.5) is 4.39 Å². The van der Waals surface area contributed by atoms with E-state index in [9.17, 15) is 9.18 Å². The number of hydrogen-bond donors (Lipinski definition) is 2. The Labute approximate surface area is 138 Å². The Hall–Kier alpha value is -2.33. The summed E-state index contributed by atoms with van der Waals surface area (Å²) in [5.74, 6) is -0.291. The number of aromatic amines is 1. The van der Waals surface area contributed by atoms with Crippen molar-refractivity contribution in [3.63, 3.8) is 0 Å². The Kier molecular flexibility index (Phi) is 4.63. The van der Waals surface area contributed by atoms with Gasteiger partial charge in [-0.25, -0.2) is 4.39 Å². The van der Waals surface area contributed by atoms with E-state index in [0.717, 1.165) is 22.0 Å². The average molecular weight is 331 g/mol. The summed E-state index contributed by atoms with van der Waals surface area (Å²) in [6.45, 7) is 0.526. The van der Waals surface area contributed by atoms with Gasteiger partial charge in [-0.15, -0.1) is 0 Å². The molecule has 0 radical (unpaired) electrons. The standard InChI is InChI=1S/C18H16ClFN2O/c19-14-3-6-16-13(11-22-17(16)10-14)9-18(23)21-8-7-12-1-4-15(20)5-2-12/h1-6,10-11,22H,7-9H2,(H,21,23). The molecule has 2 aromatic carbocycles. The fraction of sp³-hybridized carbons (Fsp3) is 0.167. The number of hydrogen-bond acceptors (Lipinski definition) is 1. The first-order valence-corrected chi connectivity index (χ1v) is 7.76. The molecule has 118 valence electrons. The molecule has 0 bridgehead atoms. The van der Waals surface area contributed by atoms with Crippen LogP contribution in [0.1, 0.15) is 11.1 Å². The van der Waals surface area contributed by atoms with Gasteiger partial charge in [-0.05, 0) is 41.8 Å². The van der Waals surface area contributed by atoms with E-state index in [1.807, 2.05) is 24.4 Å².